The molecule has 0 saturated heterocycles. The van der Waals surface area contributed by atoms with Gasteiger partial charge in [-0.25, -0.2) is 0 Å². The number of hydrogen-bond acceptors (Lipinski definition) is 2. The third-order valence-corrected chi connectivity index (χ3v) is 1.06. The Labute approximate surface area is 67.2 Å². The lowest BCUT2D eigenvalue weighted by atomic mass is 10.2. The molecule has 0 radical (unpaired) electrons. The molecule has 0 saturated carbocycles. The van der Waals surface area contributed by atoms with Gasteiger partial charge in [0.05, 0.1) is 0 Å². The zero-order valence-corrected chi connectivity index (χ0v) is 7.05. The molecule has 60 valence electrons. The van der Waals surface area contributed by atoms with Crippen LogP contribution in [0.4, 0.5) is 0 Å². The van der Waals surface area contributed by atoms with Crippen LogP contribution in [0, 0.1) is 12.3 Å². The zero-order valence-electron chi connectivity index (χ0n) is 7.05. The maximum absolute atomic E-state index is 10.4. The summed E-state index contributed by atoms with van der Waals surface area (Å²) >= 11 is 0. The van der Waals surface area contributed by atoms with Crippen LogP contribution in [0.15, 0.2) is 11.6 Å². The van der Waals surface area contributed by atoms with Crippen molar-refractivity contribution >= 4 is 5.97 Å². The van der Waals surface area contributed by atoms with Gasteiger partial charge in [0.15, 0.2) is 0 Å². The smallest absolute Gasteiger partial charge is 0.303 e. The Morgan fingerprint density at radius 1 is 1.64 bits per heavy atom. The van der Waals surface area contributed by atoms with Crippen molar-refractivity contribution in [2.45, 2.75) is 26.9 Å². The predicted octanol–water partition coefficient (Wildman–Crippen LogP) is 1.52. The number of carbonyl (C=O) groups is 1. The fraction of sp³-hybridized carbons (Fsp3) is 0.444. The van der Waals surface area contributed by atoms with Crippen LogP contribution >= 0.6 is 0 Å². The molecule has 0 aromatic carbocycles. The summed E-state index contributed by atoms with van der Waals surface area (Å²) in [4.78, 5) is 10.4. The molecule has 0 aromatic heterocycles. The van der Waals surface area contributed by atoms with Crippen molar-refractivity contribution in [3.05, 3.63) is 11.6 Å². The summed E-state index contributed by atoms with van der Waals surface area (Å²) in [6.07, 6.45) is 6.58. The molecule has 1 atom stereocenters. The number of carbonyl (C=O) groups excluding carboxylic acids is 1. The molecule has 0 heterocycles. The van der Waals surface area contributed by atoms with Gasteiger partial charge in [-0.1, -0.05) is 5.92 Å². The second-order valence-electron chi connectivity index (χ2n) is 2.31. The van der Waals surface area contributed by atoms with E-state index < -0.39 is 0 Å². The van der Waals surface area contributed by atoms with E-state index in [9.17, 15) is 4.79 Å². The molecule has 0 N–H and O–H groups in total. The van der Waals surface area contributed by atoms with E-state index in [-0.39, 0.29) is 12.1 Å². The molecule has 0 aliphatic carbocycles. The molecule has 0 aromatic rings. The summed E-state index contributed by atoms with van der Waals surface area (Å²) in [6, 6.07) is 0. The second-order valence-corrected chi connectivity index (χ2v) is 2.31. The van der Waals surface area contributed by atoms with Crippen LogP contribution in [0.1, 0.15) is 20.8 Å². The molecule has 0 aliphatic heterocycles. The third kappa shape index (κ3) is 5.23. The van der Waals surface area contributed by atoms with Gasteiger partial charge in [0, 0.05) is 6.92 Å². The molecule has 2 heteroatoms. The van der Waals surface area contributed by atoms with Crippen LogP contribution < -0.4 is 0 Å². The highest BCUT2D eigenvalue weighted by molar-refractivity contribution is 5.66. The molecule has 0 rings (SSSR count). The molecule has 2 nitrogen and oxygen atoms in total. The average molecular weight is 152 g/mol. The monoisotopic (exact) mass is 152 g/mol. The Hall–Kier alpha value is -1.23. The van der Waals surface area contributed by atoms with Crippen LogP contribution in [0.2, 0.25) is 0 Å². The summed E-state index contributed by atoms with van der Waals surface area (Å²) < 4.78 is 4.81. The first kappa shape index (κ1) is 9.77. The Morgan fingerprint density at radius 3 is 2.55 bits per heavy atom. The van der Waals surface area contributed by atoms with E-state index in [1.54, 1.807) is 19.9 Å². The van der Waals surface area contributed by atoms with Crippen molar-refractivity contribution in [3.8, 4) is 12.3 Å². The second kappa shape index (κ2) is 4.56. The average Bonchev–Trinajstić information content (AvgIpc) is 1.85. The molecule has 11 heavy (non-hydrogen) atoms. The minimum atomic E-state index is -0.293. The summed E-state index contributed by atoms with van der Waals surface area (Å²) in [6.45, 7) is 4.93. The summed E-state index contributed by atoms with van der Waals surface area (Å²) in [7, 11) is 0. The standard InChI is InChI=1S/C9H12O2/c1-5-7(2)6-8(3)11-9(4)10/h1,6,8H,2-4H3/b7-6+. The minimum Gasteiger partial charge on any atom is -0.459 e. The van der Waals surface area contributed by atoms with E-state index >= 15 is 0 Å². The van der Waals surface area contributed by atoms with Gasteiger partial charge in [0.1, 0.15) is 6.10 Å². The third-order valence-electron chi connectivity index (χ3n) is 1.06. The summed E-state index contributed by atoms with van der Waals surface area (Å²) in [5.74, 6) is 2.15. The molecule has 0 fully saturated rings. The summed E-state index contributed by atoms with van der Waals surface area (Å²) in [5, 5.41) is 0. The maximum Gasteiger partial charge on any atom is 0.303 e. The van der Waals surface area contributed by atoms with Crippen LogP contribution in [0.3, 0.4) is 0 Å². The van der Waals surface area contributed by atoms with E-state index in [1.807, 2.05) is 0 Å². The SMILES string of the molecule is C#C/C(C)=C/C(C)OC(C)=O. The van der Waals surface area contributed by atoms with Gasteiger partial charge >= 0.3 is 5.97 Å². The van der Waals surface area contributed by atoms with Gasteiger partial charge in [0.2, 0.25) is 0 Å². The first-order valence-corrected chi connectivity index (χ1v) is 3.38. The number of terminal acetylenes is 1. The Morgan fingerprint density at radius 2 is 2.18 bits per heavy atom. The lowest BCUT2D eigenvalue weighted by molar-refractivity contribution is -0.143. The molecular formula is C9H12O2. The van der Waals surface area contributed by atoms with Crippen LogP contribution in [-0.4, -0.2) is 12.1 Å². The first-order valence-electron chi connectivity index (χ1n) is 3.38. The van der Waals surface area contributed by atoms with E-state index in [1.165, 1.54) is 6.92 Å². The van der Waals surface area contributed by atoms with Crippen molar-refractivity contribution in [2.75, 3.05) is 0 Å². The van der Waals surface area contributed by atoms with Crippen LogP contribution in [0.25, 0.3) is 0 Å². The first-order chi connectivity index (χ1) is 5.06. The van der Waals surface area contributed by atoms with Crippen LogP contribution in [0.5, 0.6) is 0 Å². The van der Waals surface area contributed by atoms with E-state index in [4.69, 9.17) is 11.2 Å². The normalized spacial score (nSPS) is 13.5. The topological polar surface area (TPSA) is 26.3 Å². The van der Waals surface area contributed by atoms with E-state index in [0.29, 0.717) is 0 Å². The summed E-state index contributed by atoms with van der Waals surface area (Å²) in [5.41, 5.74) is 0.777. The molecule has 0 aliphatic rings. The van der Waals surface area contributed by atoms with Gasteiger partial charge in [0.25, 0.3) is 0 Å². The molecule has 1 unspecified atom stereocenters. The number of allylic oxidation sites excluding steroid dienone is 1. The Balaban J connectivity index is 3.98. The fourth-order valence-electron chi connectivity index (χ4n) is 0.696. The quantitative estimate of drug-likeness (QED) is 0.443. The lowest BCUT2D eigenvalue weighted by Gasteiger charge is -2.05. The van der Waals surface area contributed by atoms with Crippen molar-refractivity contribution in [1.29, 1.82) is 0 Å². The molecular weight excluding hydrogens is 140 g/mol. The lowest BCUT2D eigenvalue weighted by Crippen LogP contribution is -2.09. The zero-order chi connectivity index (χ0) is 8.85. The molecule has 0 amide bonds. The molecule has 0 spiro atoms. The highest BCUT2D eigenvalue weighted by Gasteiger charge is 2.00. The van der Waals surface area contributed by atoms with Crippen molar-refractivity contribution < 1.29 is 9.53 Å². The van der Waals surface area contributed by atoms with Gasteiger partial charge in [-0.15, -0.1) is 6.42 Å². The van der Waals surface area contributed by atoms with Gasteiger partial charge in [-0.3, -0.25) is 4.79 Å². The van der Waals surface area contributed by atoms with Gasteiger partial charge in [-0.2, -0.15) is 0 Å². The minimum absolute atomic E-state index is 0.233. The van der Waals surface area contributed by atoms with Gasteiger partial charge < -0.3 is 4.74 Å². The van der Waals surface area contributed by atoms with E-state index in [2.05, 4.69) is 5.92 Å². The van der Waals surface area contributed by atoms with Crippen molar-refractivity contribution in [1.82, 2.24) is 0 Å². The van der Waals surface area contributed by atoms with Crippen molar-refractivity contribution in [2.24, 2.45) is 0 Å². The Bertz CT molecular complexity index is 208. The molecule has 0 bridgehead atoms. The fourth-order valence-corrected chi connectivity index (χ4v) is 0.696. The van der Waals surface area contributed by atoms with Gasteiger partial charge in [-0.05, 0) is 25.5 Å². The highest BCUT2D eigenvalue weighted by atomic mass is 16.5. The van der Waals surface area contributed by atoms with Crippen molar-refractivity contribution in [3.63, 3.8) is 0 Å². The number of hydrogen-bond donors (Lipinski definition) is 0. The predicted molar refractivity (Wildman–Crippen MR) is 43.8 cm³/mol. The maximum atomic E-state index is 10.4. The number of rotatable bonds is 2. The van der Waals surface area contributed by atoms with Crippen LogP contribution in [-0.2, 0) is 9.53 Å². The Kier molecular flexibility index (Phi) is 4.05. The number of esters is 1. The largest absolute Gasteiger partial charge is 0.459 e. The highest BCUT2D eigenvalue weighted by Crippen LogP contribution is 1.98. The number of ether oxygens (including phenoxy) is 1. The van der Waals surface area contributed by atoms with E-state index in [0.717, 1.165) is 5.57 Å².